The number of thioether (sulfide) groups is 1. The predicted octanol–water partition coefficient (Wildman–Crippen LogP) is 6.33. The van der Waals surface area contributed by atoms with Crippen molar-refractivity contribution in [3.05, 3.63) is 34.9 Å². The molecule has 0 aromatic rings. The number of rotatable bonds is 9. The molecule has 3 N–H and O–H groups in total. The van der Waals surface area contributed by atoms with Gasteiger partial charge in [-0.3, -0.25) is 0 Å². The fraction of sp³-hybridized carbons (Fsp3) is 0.786. The summed E-state index contributed by atoms with van der Waals surface area (Å²) in [4.78, 5) is 0. The van der Waals surface area contributed by atoms with E-state index in [-0.39, 0.29) is 5.41 Å². The van der Waals surface area contributed by atoms with Crippen molar-refractivity contribution in [1.82, 2.24) is 0 Å². The summed E-state index contributed by atoms with van der Waals surface area (Å²) in [5, 5.41) is 31.1. The highest BCUT2D eigenvalue weighted by molar-refractivity contribution is 8.00. The average molecular weight is 463 g/mol. The molecular weight excluding hydrogens is 416 g/mol. The van der Waals surface area contributed by atoms with Gasteiger partial charge < -0.3 is 15.3 Å². The molecule has 0 amide bonds. The molecule has 2 fully saturated rings. The molecule has 0 aromatic heterocycles. The Labute approximate surface area is 200 Å². The van der Waals surface area contributed by atoms with Gasteiger partial charge in [-0.25, -0.2) is 0 Å². The first-order chi connectivity index (χ1) is 15.2. The Morgan fingerprint density at radius 2 is 1.88 bits per heavy atom. The summed E-state index contributed by atoms with van der Waals surface area (Å²) in [5.41, 5.74) is 4.16. The molecule has 3 aliphatic carbocycles. The lowest BCUT2D eigenvalue weighted by atomic mass is 9.64. The van der Waals surface area contributed by atoms with Crippen LogP contribution < -0.4 is 0 Å². The summed E-state index contributed by atoms with van der Waals surface area (Å²) in [6, 6.07) is 0. The van der Waals surface area contributed by atoms with Crippen LogP contribution in [-0.4, -0.2) is 44.1 Å². The first kappa shape index (κ1) is 26.1. The van der Waals surface area contributed by atoms with E-state index in [2.05, 4.69) is 57.7 Å². The van der Waals surface area contributed by atoms with E-state index in [4.69, 9.17) is 0 Å². The van der Waals surface area contributed by atoms with Crippen LogP contribution in [0.25, 0.3) is 0 Å². The average Bonchev–Trinajstić information content (AvgIpc) is 3.12. The number of aliphatic hydroxyl groups is 3. The van der Waals surface area contributed by atoms with E-state index in [0.29, 0.717) is 30.4 Å². The summed E-state index contributed by atoms with van der Waals surface area (Å²) in [6.07, 6.45) is 16.7. The maximum absolute atomic E-state index is 10.5. The fourth-order valence-electron chi connectivity index (χ4n) is 6.37. The molecule has 4 heteroatoms. The van der Waals surface area contributed by atoms with Crippen LogP contribution >= 0.6 is 11.8 Å². The van der Waals surface area contributed by atoms with Gasteiger partial charge in [-0.2, -0.15) is 11.8 Å². The maximum atomic E-state index is 10.5. The lowest BCUT2D eigenvalue weighted by Crippen LogP contribution is -2.33. The van der Waals surface area contributed by atoms with Crippen LogP contribution in [0.3, 0.4) is 0 Å². The minimum absolute atomic E-state index is 0.258. The highest BCUT2D eigenvalue weighted by Crippen LogP contribution is 2.56. The zero-order chi connectivity index (χ0) is 23.4. The minimum atomic E-state index is -0.477. The van der Waals surface area contributed by atoms with Gasteiger partial charge in [0.2, 0.25) is 0 Å². The predicted molar refractivity (Wildman–Crippen MR) is 137 cm³/mol. The SMILES string of the molecule is CCC(O)(CC)CCCS[C@H](C)C1=CCC2/C(=C\C=C3C[C@@H](O)C[C@H](O)C3)CCCC12C. The molecule has 0 aromatic carbocycles. The van der Waals surface area contributed by atoms with E-state index >= 15 is 0 Å². The number of allylic oxidation sites excluding steroid dienone is 4. The highest BCUT2D eigenvalue weighted by Gasteiger charge is 2.46. The number of aliphatic hydroxyl groups excluding tert-OH is 2. The summed E-state index contributed by atoms with van der Waals surface area (Å²) in [5.74, 6) is 1.70. The quantitative estimate of drug-likeness (QED) is 0.277. The van der Waals surface area contributed by atoms with E-state index < -0.39 is 17.8 Å². The number of fused-ring (bicyclic) bond motifs is 1. The van der Waals surface area contributed by atoms with Crippen LogP contribution in [0.5, 0.6) is 0 Å². The van der Waals surface area contributed by atoms with Crippen molar-refractivity contribution in [2.24, 2.45) is 11.3 Å². The van der Waals surface area contributed by atoms with Gasteiger partial charge in [-0.1, -0.05) is 55.7 Å². The first-order valence-electron chi connectivity index (χ1n) is 13.0. The van der Waals surface area contributed by atoms with Crippen LogP contribution in [0.2, 0.25) is 0 Å². The summed E-state index contributed by atoms with van der Waals surface area (Å²) >= 11 is 2.06. The molecule has 182 valence electrons. The van der Waals surface area contributed by atoms with E-state index in [0.717, 1.165) is 37.9 Å². The van der Waals surface area contributed by atoms with Gasteiger partial charge in [0.25, 0.3) is 0 Å². The second-order valence-corrected chi connectivity index (χ2v) is 12.2. The van der Waals surface area contributed by atoms with E-state index in [1.165, 1.54) is 24.8 Å². The van der Waals surface area contributed by atoms with Crippen LogP contribution in [-0.2, 0) is 0 Å². The lowest BCUT2D eigenvalue weighted by Gasteiger charge is -2.42. The largest absolute Gasteiger partial charge is 0.393 e. The molecule has 5 atom stereocenters. The third-order valence-corrected chi connectivity index (χ3v) is 9.87. The Kier molecular flexibility index (Phi) is 9.16. The fourth-order valence-corrected chi connectivity index (χ4v) is 7.58. The second-order valence-electron chi connectivity index (χ2n) is 10.8. The molecule has 0 radical (unpaired) electrons. The molecule has 32 heavy (non-hydrogen) atoms. The molecule has 0 saturated heterocycles. The summed E-state index contributed by atoms with van der Waals surface area (Å²) in [7, 11) is 0. The topological polar surface area (TPSA) is 60.7 Å². The van der Waals surface area contributed by atoms with E-state index in [1.807, 2.05) is 0 Å². The Morgan fingerprint density at radius 3 is 2.53 bits per heavy atom. The molecule has 0 bridgehead atoms. The van der Waals surface area contributed by atoms with Gasteiger partial charge in [0.15, 0.2) is 0 Å². The monoisotopic (exact) mass is 462 g/mol. The summed E-state index contributed by atoms with van der Waals surface area (Å²) < 4.78 is 0. The van der Waals surface area contributed by atoms with Crippen molar-refractivity contribution >= 4 is 11.8 Å². The van der Waals surface area contributed by atoms with Crippen LogP contribution in [0.15, 0.2) is 34.9 Å². The molecule has 0 spiro atoms. The maximum Gasteiger partial charge on any atom is 0.0642 e. The molecule has 0 aliphatic heterocycles. The smallest absolute Gasteiger partial charge is 0.0642 e. The van der Waals surface area contributed by atoms with E-state index in [9.17, 15) is 15.3 Å². The number of hydrogen-bond acceptors (Lipinski definition) is 4. The van der Waals surface area contributed by atoms with Gasteiger partial charge in [-0.05, 0) is 94.6 Å². The number of hydrogen-bond donors (Lipinski definition) is 3. The Balaban J connectivity index is 1.60. The van der Waals surface area contributed by atoms with Gasteiger partial charge >= 0.3 is 0 Å². The highest BCUT2D eigenvalue weighted by atomic mass is 32.2. The van der Waals surface area contributed by atoms with Gasteiger partial charge in [0.05, 0.1) is 17.8 Å². The third-order valence-electron chi connectivity index (χ3n) is 8.59. The van der Waals surface area contributed by atoms with Crippen LogP contribution in [0.4, 0.5) is 0 Å². The molecule has 2 unspecified atom stereocenters. The van der Waals surface area contributed by atoms with Crippen molar-refractivity contribution in [3.63, 3.8) is 0 Å². The molecule has 0 heterocycles. The van der Waals surface area contributed by atoms with Gasteiger partial charge in [-0.15, -0.1) is 0 Å². The molecule has 3 nitrogen and oxygen atoms in total. The normalized spacial score (nSPS) is 33.2. The third kappa shape index (κ3) is 6.11. The van der Waals surface area contributed by atoms with Crippen molar-refractivity contribution < 1.29 is 15.3 Å². The zero-order valence-corrected chi connectivity index (χ0v) is 21.6. The first-order valence-corrected chi connectivity index (χ1v) is 14.0. The Bertz CT molecular complexity index is 708. The molecular formula is C28H46O3S. The minimum Gasteiger partial charge on any atom is -0.393 e. The zero-order valence-electron chi connectivity index (χ0n) is 20.8. The Hall–Kier alpha value is -0.550. The van der Waals surface area contributed by atoms with Crippen LogP contribution in [0, 0.1) is 11.3 Å². The molecule has 2 saturated carbocycles. The lowest BCUT2D eigenvalue weighted by molar-refractivity contribution is 0.0232. The van der Waals surface area contributed by atoms with Crippen molar-refractivity contribution in [2.75, 3.05) is 5.75 Å². The van der Waals surface area contributed by atoms with Gasteiger partial charge in [0, 0.05) is 5.25 Å². The molecule has 3 aliphatic rings. The van der Waals surface area contributed by atoms with E-state index in [1.54, 1.807) is 11.1 Å². The van der Waals surface area contributed by atoms with Crippen molar-refractivity contribution in [3.8, 4) is 0 Å². The van der Waals surface area contributed by atoms with Crippen molar-refractivity contribution in [2.45, 2.75) is 121 Å². The second kappa shape index (κ2) is 11.3. The standard InChI is InChI=1S/C28H46O3S/c1-5-28(31,6-2)15-8-16-32-20(3)25-12-13-26-22(9-7-14-27(25,26)4)11-10-21-17-23(29)19-24(30)18-21/h10-12,20,23-24,26,29-31H,5-9,13-19H2,1-4H3/b22-11-/t20-,23-,24-,26?,27?/m1/s1. The Morgan fingerprint density at radius 1 is 1.19 bits per heavy atom. The van der Waals surface area contributed by atoms with Crippen molar-refractivity contribution in [1.29, 1.82) is 0 Å². The molecule has 3 rings (SSSR count). The summed E-state index contributed by atoms with van der Waals surface area (Å²) in [6.45, 7) is 9.04. The van der Waals surface area contributed by atoms with Gasteiger partial charge in [0.1, 0.15) is 0 Å². The van der Waals surface area contributed by atoms with Crippen LogP contribution in [0.1, 0.15) is 98.3 Å².